The molecule has 1 amide bonds. The van der Waals surface area contributed by atoms with Gasteiger partial charge in [0.1, 0.15) is 0 Å². The van der Waals surface area contributed by atoms with Gasteiger partial charge in [-0.2, -0.15) is 0 Å². The fraction of sp³-hybridized carbons (Fsp3) is 0.800. The third-order valence-corrected chi connectivity index (χ3v) is 9.66. The molecule has 0 spiro atoms. The summed E-state index contributed by atoms with van der Waals surface area (Å²) in [6.45, 7) is 9.16. The average molecular weight is 383 g/mol. The number of likely N-dealkylation sites (tertiary alicyclic amines) is 1. The molecule has 28 heavy (non-hydrogen) atoms. The highest BCUT2D eigenvalue weighted by molar-refractivity contribution is 5.79. The van der Waals surface area contributed by atoms with Crippen LogP contribution in [-0.2, 0) is 4.79 Å². The molecule has 1 aliphatic heterocycles. The molecule has 1 N–H and O–H groups in total. The van der Waals surface area contributed by atoms with Crippen LogP contribution >= 0.6 is 0 Å². The van der Waals surface area contributed by atoms with Crippen molar-refractivity contribution in [2.75, 3.05) is 7.05 Å². The molecule has 1 saturated heterocycles. The van der Waals surface area contributed by atoms with Crippen molar-refractivity contribution in [3.05, 3.63) is 24.4 Å². The zero-order valence-corrected chi connectivity index (χ0v) is 18.0. The maximum atomic E-state index is 12.3. The lowest BCUT2D eigenvalue weighted by Crippen LogP contribution is -2.55. The van der Waals surface area contributed by atoms with E-state index in [1.807, 2.05) is 11.9 Å². The van der Waals surface area contributed by atoms with Crippen LogP contribution < -0.4 is 5.32 Å². The highest BCUT2D eigenvalue weighted by Crippen LogP contribution is 2.65. The van der Waals surface area contributed by atoms with E-state index >= 15 is 0 Å². The lowest BCUT2D eigenvalue weighted by molar-refractivity contribution is -0.135. The van der Waals surface area contributed by atoms with E-state index in [9.17, 15) is 4.79 Å². The van der Waals surface area contributed by atoms with E-state index < -0.39 is 0 Å². The van der Waals surface area contributed by atoms with Gasteiger partial charge in [0.2, 0.25) is 5.91 Å². The smallest absolute Gasteiger partial charge is 0.226 e. The number of rotatable bonds is 4. The number of hydrogen-bond donors (Lipinski definition) is 1. The van der Waals surface area contributed by atoms with Gasteiger partial charge in [0.15, 0.2) is 0 Å². The summed E-state index contributed by atoms with van der Waals surface area (Å²) < 4.78 is 0. The lowest BCUT2D eigenvalue weighted by Gasteiger charge is -2.58. The van der Waals surface area contributed by atoms with Crippen LogP contribution in [0.2, 0.25) is 0 Å². The van der Waals surface area contributed by atoms with Gasteiger partial charge in [-0.05, 0) is 80.5 Å². The molecule has 0 radical (unpaired) electrons. The molecule has 4 fully saturated rings. The Kier molecular flexibility index (Phi) is 4.36. The van der Waals surface area contributed by atoms with Crippen LogP contribution in [0.1, 0.15) is 71.6 Å². The minimum atomic E-state index is 0.197. The second kappa shape index (κ2) is 6.45. The van der Waals surface area contributed by atoms with Gasteiger partial charge in [0, 0.05) is 36.7 Å². The Bertz CT molecular complexity index is 709. The number of carbonyl (C=O) groups excluding carboxylic acids is 1. The first-order chi connectivity index (χ1) is 13.4. The number of amides is 1. The summed E-state index contributed by atoms with van der Waals surface area (Å²) in [6, 6.07) is 1.44. The summed E-state index contributed by atoms with van der Waals surface area (Å²) in [6.07, 6.45) is 15.5. The molecular weight excluding hydrogens is 344 g/mol. The minimum Gasteiger partial charge on any atom is -0.319 e. The Labute approximate surface area is 171 Å². The number of piperidine rings is 1. The van der Waals surface area contributed by atoms with E-state index in [0.717, 1.165) is 49.0 Å². The predicted molar refractivity (Wildman–Crippen MR) is 113 cm³/mol. The molecule has 4 aliphatic carbocycles. The molecule has 154 valence electrons. The van der Waals surface area contributed by atoms with Crippen LogP contribution in [0.25, 0.3) is 0 Å². The van der Waals surface area contributed by atoms with Crippen molar-refractivity contribution in [3.63, 3.8) is 0 Å². The Hall–Kier alpha value is -1.09. The predicted octanol–water partition coefficient (Wildman–Crippen LogP) is 4.90. The normalized spacial score (nSPS) is 47.8. The first kappa shape index (κ1) is 18.9. The van der Waals surface area contributed by atoms with Crippen molar-refractivity contribution >= 4 is 5.91 Å². The van der Waals surface area contributed by atoms with E-state index in [2.05, 4.69) is 37.9 Å². The Morgan fingerprint density at radius 2 is 2.04 bits per heavy atom. The number of carbonyl (C=O) groups is 1. The van der Waals surface area contributed by atoms with Gasteiger partial charge < -0.3 is 10.2 Å². The number of nitrogens with one attached hydrogen (secondary N) is 1. The number of hydrogen-bond acceptors (Lipinski definition) is 2. The third kappa shape index (κ3) is 2.61. The summed E-state index contributed by atoms with van der Waals surface area (Å²) in [5, 5.41) is 4.09. The van der Waals surface area contributed by atoms with Gasteiger partial charge in [0.25, 0.3) is 0 Å². The maximum Gasteiger partial charge on any atom is 0.226 e. The average Bonchev–Trinajstić information content (AvgIpc) is 3.44. The second-order valence-corrected chi connectivity index (χ2v) is 11.1. The molecule has 1 heterocycles. The van der Waals surface area contributed by atoms with E-state index in [1.165, 1.54) is 44.2 Å². The molecule has 3 heteroatoms. The highest BCUT2D eigenvalue weighted by atomic mass is 16.2. The molecule has 0 bridgehead atoms. The van der Waals surface area contributed by atoms with Gasteiger partial charge in [-0.3, -0.25) is 4.79 Å². The monoisotopic (exact) mass is 382 g/mol. The van der Waals surface area contributed by atoms with E-state index in [1.54, 1.807) is 0 Å². The Morgan fingerprint density at radius 1 is 1.25 bits per heavy atom. The molecule has 0 aromatic heterocycles. The van der Waals surface area contributed by atoms with Crippen LogP contribution in [-0.4, -0.2) is 29.9 Å². The minimum absolute atomic E-state index is 0.197. The third-order valence-electron chi connectivity index (χ3n) is 9.66. The zero-order valence-electron chi connectivity index (χ0n) is 18.0. The number of nitrogens with zero attached hydrogens (tertiary/aromatic N) is 1. The topological polar surface area (TPSA) is 32.3 Å². The zero-order chi connectivity index (χ0) is 19.7. The summed E-state index contributed by atoms with van der Waals surface area (Å²) in [5.41, 5.74) is 1.96. The van der Waals surface area contributed by atoms with Crippen LogP contribution in [0, 0.1) is 34.5 Å². The van der Waals surface area contributed by atoms with Crippen LogP contribution in [0.5, 0.6) is 0 Å². The molecule has 5 aliphatic rings. The van der Waals surface area contributed by atoms with Crippen molar-refractivity contribution in [1.82, 2.24) is 10.2 Å². The largest absolute Gasteiger partial charge is 0.319 e. The maximum absolute atomic E-state index is 12.3. The molecule has 7 atom stereocenters. The fourth-order valence-corrected chi connectivity index (χ4v) is 8.04. The second-order valence-electron chi connectivity index (χ2n) is 11.1. The summed E-state index contributed by atoms with van der Waals surface area (Å²) >= 11 is 0. The van der Waals surface area contributed by atoms with Crippen LogP contribution in [0.4, 0.5) is 0 Å². The first-order valence-electron chi connectivity index (χ1n) is 11.7. The highest BCUT2D eigenvalue weighted by Gasteiger charge is 2.61. The van der Waals surface area contributed by atoms with Crippen molar-refractivity contribution in [1.29, 1.82) is 0 Å². The van der Waals surface area contributed by atoms with Crippen molar-refractivity contribution in [3.8, 4) is 0 Å². The van der Waals surface area contributed by atoms with Gasteiger partial charge >= 0.3 is 0 Å². The summed E-state index contributed by atoms with van der Waals surface area (Å²) in [7, 11) is 2.00. The van der Waals surface area contributed by atoms with Crippen LogP contribution in [0.15, 0.2) is 24.4 Å². The number of allylic oxidation sites excluding steroid dienone is 3. The van der Waals surface area contributed by atoms with E-state index in [-0.39, 0.29) is 5.41 Å². The van der Waals surface area contributed by atoms with Crippen molar-refractivity contribution in [2.24, 2.45) is 34.5 Å². The molecular formula is C25H38N2O. The first-order valence-corrected chi connectivity index (χ1v) is 11.7. The van der Waals surface area contributed by atoms with Crippen molar-refractivity contribution in [2.45, 2.75) is 83.7 Å². The van der Waals surface area contributed by atoms with Crippen LogP contribution in [0.3, 0.4) is 0 Å². The van der Waals surface area contributed by atoms with Gasteiger partial charge in [-0.15, -0.1) is 6.58 Å². The van der Waals surface area contributed by atoms with Crippen molar-refractivity contribution < 1.29 is 4.79 Å². The SMILES string of the molecule is C=CC[C@H]1C[C@H]2[C@@H]3CC=C4N(C)C(=O)CC[C@]4(C)[C@H]3CC[C@]2(C)[C@H]1NC1CC1. The van der Waals surface area contributed by atoms with E-state index in [4.69, 9.17) is 0 Å². The molecule has 0 unspecified atom stereocenters. The molecule has 3 nitrogen and oxygen atoms in total. The van der Waals surface area contributed by atoms with Gasteiger partial charge in [-0.1, -0.05) is 26.0 Å². The van der Waals surface area contributed by atoms with Gasteiger partial charge in [0.05, 0.1) is 0 Å². The fourth-order valence-electron chi connectivity index (χ4n) is 8.04. The Balaban J connectivity index is 1.47. The molecule has 0 aromatic rings. The molecule has 5 rings (SSSR count). The van der Waals surface area contributed by atoms with Gasteiger partial charge in [-0.25, -0.2) is 0 Å². The molecule has 3 saturated carbocycles. The standard InChI is InChI=1S/C25H38N2O/c1-5-6-16-15-20-18-9-10-21-24(2,14-12-22(28)27(21)4)19(18)11-13-25(20,3)23(16)26-17-7-8-17/h5,10,16-20,23,26H,1,6-9,11-15H2,2-4H3/t16-,18+,19-,20-,23-,24+,25-/m0/s1. The number of fused-ring (bicyclic) bond motifs is 5. The summed E-state index contributed by atoms with van der Waals surface area (Å²) in [5.74, 6) is 3.40. The summed E-state index contributed by atoms with van der Waals surface area (Å²) in [4.78, 5) is 14.3. The lowest BCUT2D eigenvalue weighted by atomic mass is 9.49. The van der Waals surface area contributed by atoms with E-state index in [0.29, 0.717) is 17.4 Å². The quantitative estimate of drug-likeness (QED) is 0.702. The molecule has 0 aromatic carbocycles. The Morgan fingerprint density at radius 3 is 2.75 bits per heavy atom.